The van der Waals surface area contributed by atoms with Gasteiger partial charge >= 0.3 is 0 Å². The van der Waals surface area contributed by atoms with Crippen LogP contribution in [-0.2, 0) is 4.79 Å². The first-order valence-corrected chi connectivity index (χ1v) is 10.2. The second-order valence-corrected chi connectivity index (χ2v) is 7.77. The summed E-state index contributed by atoms with van der Waals surface area (Å²) in [6.07, 6.45) is 1.92. The second kappa shape index (κ2) is 9.92. The lowest BCUT2D eigenvalue weighted by molar-refractivity contribution is -0.121. The van der Waals surface area contributed by atoms with Gasteiger partial charge in [0.15, 0.2) is 11.6 Å². The SMILES string of the molecule is Cc1cc(OCCCC(=O)NCC2CCN(c3ccc(F)c(F)c3)C2)ccc1Cl. The molecule has 1 atom stereocenters. The van der Waals surface area contributed by atoms with Crippen molar-refractivity contribution in [2.24, 2.45) is 5.92 Å². The van der Waals surface area contributed by atoms with E-state index < -0.39 is 11.6 Å². The molecular weight excluding hydrogens is 398 g/mol. The number of nitrogens with one attached hydrogen (secondary N) is 1. The van der Waals surface area contributed by atoms with Crippen LogP contribution < -0.4 is 15.0 Å². The van der Waals surface area contributed by atoms with Crippen molar-refractivity contribution in [3.8, 4) is 5.75 Å². The maximum absolute atomic E-state index is 13.4. The summed E-state index contributed by atoms with van der Waals surface area (Å²) >= 11 is 5.99. The van der Waals surface area contributed by atoms with Crippen molar-refractivity contribution >= 4 is 23.2 Å². The van der Waals surface area contributed by atoms with E-state index in [4.69, 9.17) is 16.3 Å². The number of carbonyl (C=O) groups excluding carboxylic acids is 1. The Morgan fingerprint density at radius 3 is 2.83 bits per heavy atom. The van der Waals surface area contributed by atoms with Gasteiger partial charge in [0, 0.05) is 42.8 Å². The van der Waals surface area contributed by atoms with Gasteiger partial charge in [0.1, 0.15) is 5.75 Å². The molecule has 29 heavy (non-hydrogen) atoms. The van der Waals surface area contributed by atoms with Gasteiger partial charge in [0.25, 0.3) is 0 Å². The summed E-state index contributed by atoms with van der Waals surface area (Å²) in [5.41, 5.74) is 1.63. The summed E-state index contributed by atoms with van der Waals surface area (Å²) in [6.45, 7) is 4.43. The molecule has 3 rings (SSSR count). The summed E-state index contributed by atoms with van der Waals surface area (Å²) in [4.78, 5) is 14.1. The van der Waals surface area contributed by atoms with Crippen LogP contribution in [0.1, 0.15) is 24.8 Å². The first-order chi connectivity index (χ1) is 13.9. The Morgan fingerprint density at radius 1 is 1.24 bits per heavy atom. The Bertz CT molecular complexity index is 863. The molecule has 0 saturated carbocycles. The van der Waals surface area contributed by atoms with Gasteiger partial charge in [0.05, 0.1) is 6.61 Å². The van der Waals surface area contributed by atoms with Crippen molar-refractivity contribution in [3.05, 3.63) is 58.6 Å². The highest BCUT2D eigenvalue weighted by molar-refractivity contribution is 6.31. The Labute approximate surface area is 174 Å². The van der Waals surface area contributed by atoms with E-state index in [1.165, 1.54) is 6.07 Å². The van der Waals surface area contributed by atoms with Crippen LogP contribution >= 0.6 is 11.6 Å². The first-order valence-electron chi connectivity index (χ1n) is 9.78. The molecule has 1 heterocycles. The molecule has 1 N–H and O–H groups in total. The summed E-state index contributed by atoms with van der Waals surface area (Å²) in [6, 6.07) is 9.44. The van der Waals surface area contributed by atoms with E-state index in [9.17, 15) is 13.6 Å². The molecule has 7 heteroatoms. The topological polar surface area (TPSA) is 41.6 Å². The Balaban J connectivity index is 1.33. The van der Waals surface area contributed by atoms with E-state index in [1.807, 2.05) is 24.0 Å². The minimum absolute atomic E-state index is 0.00726. The number of hydrogen-bond donors (Lipinski definition) is 1. The molecule has 2 aromatic rings. The fourth-order valence-electron chi connectivity index (χ4n) is 3.39. The molecule has 1 aliphatic heterocycles. The molecule has 0 bridgehead atoms. The van der Waals surface area contributed by atoms with Gasteiger partial charge in [0.2, 0.25) is 5.91 Å². The lowest BCUT2D eigenvalue weighted by Crippen LogP contribution is -2.31. The number of halogens is 3. The fraction of sp³-hybridized carbons (Fsp3) is 0.409. The quantitative estimate of drug-likeness (QED) is 0.625. The van der Waals surface area contributed by atoms with Gasteiger partial charge < -0.3 is 15.0 Å². The third-order valence-electron chi connectivity index (χ3n) is 5.09. The molecule has 1 saturated heterocycles. The largest absolute Gasteiger partial charge is 0.494 e. The summed E-state index contributed by atoms with van der Waals surface area (Å²) < 4.78 is 32.1. The molecule has 156 valence electrons. The van der Waals surface area contributed by atoms with Crippen LogP contribution in [0.2, 0.25) is 5.02 Å². The highest BCUT2D eigenvalue weighted by Crippen LogP contribution is 2.25. The third kappa shape index (κ3) is 6.07. The van der Waals surface area contributed by atoms with Gasteiger partial charge in [-0.25, -0.2) is 8.78 Å². The lowest BCUT2D eigenvalue weighted by atomic mass is 10.1. The van der Waals surface area contributed by atoms with E-state index in [0.717, 1.165) is 30.3 Å². The van der Waals surface area contributed by atoms with Crippen LogP contribution in [0.4, 0.5) is 14.5 Å². The van der Waals surface area contributed by atoms with Crippen molar-refractivity contribution in [2.45, 2.75) is 26.2 Å². The van der Waals surface area contributed by atoms with Crippen LogP contribution in [0.3, 0.4) is 0 Å². The van der Waals surface area contributed by atoms with Crippen molar-refractivity contribution in [1.82, 2.24) is 5.32 Å². The van der Waals surface area contributed by atoms with Crippen molar-refractivity contribution in [1.29, 1.82) is 0 Å². The molecule has 1 aliphatic rings. The second-order valence-electron chi connectivity index (χ2n) is 7.37. The molecule has 1 amide bonds. The molecular formula is C22H25ClF2N2O2. The molecule has 4 nitrogen and oxygen atoms in total. The zero-order valence-corrected chi connectivity index (χ0v) is 17.1. The number of nitrogens with zero attached hydrogens (tertiary/aromatic N) is 1. The summed E-state index contributed by atoms with van der Waals surface area (Å²) in [7, 11) is 0. The van der Waals surface area contributed by atoms with Gasteiger partial charge in [-0.2, -0.15) is 0 Å². The molecule has 0 radical (unpaired) electrons. The predicted octanol–water partition coefficient (Wildman–Crippen LogP) is 4.73. The molecule has 0 aromatic heterocycles. The van der Waals surface area contributed by atoms with Crippen LogP contribution in [0, 0.1) is 24.5 Å². The van der Waals surface area contributed by atoms with Crippen LogP contribution in [-0.4, -0.2) is 32.1 Å². The standard InChI is InChI=1S/C22H25ClF2N2O2/c1-15-11-18(5-6-19(15)23)29-10-2-3-22(28)26-13-16-8-9-27(14-16)17-4-7-20(24)21(25)12-17/h4-7,11-12,16H,2-3,8-10,13-14H2,1H3,(H,26,28). The first kappa shape index (κ1) is 21.4. The number of benzene rings is 2. The fourth-order valence-corrected chi connectivity index (χ4v) is 3.51. The number of aryl methyl sites for hydroxylation is 1. The predicted molar refractivity (Wildman–Crippen MR) is 111 cm³/mol. The number of hydrogen-bond acceptors (Lipinski definition) is 3. The van der Waals surface area contributed by atoms with E-state index >= 15 is 0 Å². The number of anilines is 1. The number of amides is 1. The highest BCUT2D eigenvalue weighted by atomic mass is 35.5. The average molecular weight is 423 g/mol. The molecule has 1 unspecified atom stereocenters. The molecule has 1 fully saturated rings. The zero-order valence-electron chi connectivity index (χ0n) is 16.4. The minimum atomic E-state index is -0.841. The third-order valence-corrected chi connectivity index (χ3v) is 5.51. The monoisotopic (exact) mass is 422 g/mol. The summed E-state index contributed by atoms with van der Waals surface area (Å²) in [5, 5.41) is 3.66. The molecule has 2 aromatic carbocycles. The number of rotatable bonds is 8. The smallest absolute Gasteiger partial charge is 0.220 e. The van der Waals surface area contributed by atoms with Crippen LogP contribution in [0.25, 0.3) is 0 Å². The van der Waals surface area contributed by atoms with Crippen molar-refractivity contribution < 1.29 is 18.3 Å². The summed E-state index contributed by atoms with van der Waals surface area (Å²) in [5.74, 6) is -0.648. The lowest BCUT2D eigenvalue weighted by Gasteiger charge is -2.19. The maximum Gasteiger partial charge on any atom is 0.220 e. The Kier molecular flexibility index (Phi) is 7.31. The van der Waals surface area contributed by atoms with E-state index in [2.05, 4.69) is 5.32 Å². The molecule has 0 spiro atoms. The minimum Gasteiger partial charge on any atom is -0.494 e. The van der Waals surface area contributed by atoms with E-state index in [1.54, 1.807) is 12.1 Å². The van der Waals surface area contributed by atoms with E-state index in [-0.39, 0.29) is 5.91 Å². The Morgan fingerprint density at radius 2 is 2.07 bits per heavy atom. The Hall–Kier alpha value is -2.34. The van der Waals surface area contributed by atoms with Crippen molar-refractivity contribution in [2.75, 3.05) is 31.1 Å². The van der Waals surface area contributed by atoms with Crippen LogP contribution in [0.15, 0.2) is 36.4 Å². The van der Waals surface area contributed by atoms with Gasteiger partial charge in [-0.1, -0.05) is 11.6 Å². The van der Waals surface area contributed by atoms with E-state index in [0.29, 0.717) is 49.2 Å². The zero-order chi connectivity index (χ0) is 20.8. The van der Waals surface area contributed by atoms with Gasteiger partial charge in [-0.05, 0) is 61.6 Å². The van der Waals surface area contributed by atoms with Crippen LogP contribution in [0.5, 0.6) is 5.75 Å². The normalized spacial score (nSPS) is 16.1. The van der Waals surface area contributed by atoms with Gasteiger partial charge in [-0.3, -0.25) is 4.79 Å². The van der Waals surface area contributed by atoms with Crippen molar-refractivity contribution in [3.63, 3.8) is 0 Å². The van der Waals surface area contributed by atoms with Gasteiger partial charge in [-0.15, -0.1) is 0 Å². The average Bonchev–Trinajstić information content (AvgIpc) is 3.17. The molecule has 0 aliphatic carbocycles. The number of carbonyl (C=O) groups is 1. The number of ether oxygens (including phenoxy) is 1. The highest BCUT2D eigenvalue weighted by Gasteiger charge is 2.23. The maximum atomic E-state index is 13.4.